The SMILES string of the molecule is CC(C)(C)[Si](C)(C)OC1CN(c2nc(N)ncc2C(F)(F)F)C1. The molecule has 23 heavy (non-hydrogen) atoms. The minimum atomic E-state index is -4.51. The molecule has 9 heteroatoms. The molecule has 1 aliphatic rings. The van der Waals surface area contributed by atoms with Crippen LogP contribution in [0.5, 0.6) is 0 Å². The largest absolute Gasteiger partial charge is 0.421 e. The van der Waals surface area contributed by atoms with Crippen molar-refractivity contribution >= 4 is 20.1 Å². The Kier molecular flexibility index (Phi) is 4.40. The van der Waals surface area contributed by atoms with Crippen LogP contribution < -0.4 is 10.6 Å². The molecule has 1 fully saturated rings. The van der Waals surface area contributed by atoms with Crippen molar-refractivity contribution in [2.75, 3.05) is 23.7 Å². The van der Waals surface area contributed by atoms with E-state index in [0.29, 0.717) is 13.1 Å². The van der Waals surface area contributed by atoms with Crippen LogP contribution in [0.4, 0.5) is 24.9 Å². The number of hydrogen-bond donors (Lipinski definition) is 1. The fraction of sp³-hybridized carbons (Fsp3) is 0.714. The topological polar surface area (TPSA) is 64.3 Å². The molecule has 0 aromatic carbocycles. The van der Waals surface area contributed by atoms with Gasteiger partial charge in [-0.15, -0.1) is 0 Å². The smallest absolute Gasteiger partial charge is 0.410 e. The second kappa shape index (κ2) is 5.62. The first-order valence-corrected chi connectivity index (χ1v) is 10.3. The molecule has 0 spiro atoms. The standard InChI is InChI=1S/C14H23F3N4OSi/c1-13(2,3)23(4,5)22-9-7-21(8-9)11-10(14(15,16)17)6-19-12(18)20-11/h6,9H,7-8H2,1-5H3,(H2,18,19,20). The van der Waals surface area contributed by atoms with Crippen molar-refractivity contribution in [1.29, 1.82) is 0 Å². The lowest BCUT2D eigenvalue weighted by atomic mass is 10.1. The van der Waals surface area contributed by atoms with E-state index in [9.17, 15) is 13.2 Å². The summed E-state index contributed by atoms with van der Waals surface area (Å²) < 4.78 is 45.3. The predicted octanol–water partition coefficient (Wildman–Crippen LogP) is 3.29. The first kappa shape index (κ1) is 18.0. The lowest BCUT2D eigenvalue weighted by Gasteiger charge is -2.47. The van der Waals surface area contributed by atoms with Crippen LogP contribution in [-0.4, -0.2) is 37.5 Å². The molecule has 0 saturated carbocycles. The van der Waals surface area contributed by atoms with E-state index in [4.69, 9.17) is 10.2 Å². The molecule has 2 N–H and O–H groups in total. The van der Waals surface area contributed by atoms with E-state index >= 15 is 0 Å². The van der Waals surface area contributed by atoms with Gasteiger partial charge in [-0.05, 0) is 18.1 Å². The zero-order valence-corrected chi connectivity index (χ0v) is 15.0. The number of halogens is 3. The average molecular weight is 348 g/mol. The summed E-state index contributed by atoms with van der Waals surface area (Å²) in [5.74, 6) is -0.332. The Labute approximate surface area is 135 Å². The molecule has 0 aliphatic carbocycles. The summed E-state index contributed by atoms with van der Waals surface area (Å²) in [6, 6.07) is 0. The highest BCUT2D eigenvalue weighted by molar-refractivity contribution is 6.74. The van der Waals surface area contributed by atoms with Gasteiger partial charge in [0.25, 0.3) is 0 Å². The summed E-state index contributed by atoms with van der Waals surface area (Å²) in [5, 5.41) is 0.0594. The zero-order valence-electron chi connectivity index (χ0n) is 14.0. The Morgan fingerprint density at radius 1 is 1.26 bits per heavy atom. The molecule has 0 radical (unpaired) electrons. The molecule has 0 bridgehead atoms. The van der Waals surface area contributed by atoms with Gasteiger partial charge >= 0.3 is 6.18 Å². The third-order valence-corrected chi connectivity index (χ3v) is 9.04. The van der Waals surface area contributed by atoms with Crippen molar-refractivity contribution in [3.8, 4) is 0 Å². The Balaban J connectivity index is 2.10. The van der Waals surface area contributed by atoms with Crippen molar-refractivity contribution < 1.29 is 17.6 Å². The summed E-state index contributed by atoms with van der Waals surface area (Å²) in [7, 11) is -1.94. The number of aromatic nitrogens is 2. The first-order valence-electron chi connectivity index (χ1n) is 7.44. The lowest BCUT2D eigenvalue weighted by molar-refractivity contribution is -0.137. The van der Waals surface area contributed by atoms with Gasteiger partial charge < -0.3 is 15.1 Å². The highest BCUT2D eigenvalue weighted by Crippen LogP contribution is 2.40. The van der Waals surface area contributed by atoms with Crippen LogP contribution in [0.25, 0.3) is 0 Å². The fourth-order valence-corrected chi connectivity index (χ4v) is 3.44. The van der Waals surface area contributed by atoms with Gasteiger partial charge in [-0.2, -0.15) is 18.2 Å². The molecule has 2 heterocycles. The van der Waals surface area contributed by atoms with Crippen molar-refractivity contribution in [3.63, 3.8) is 0 Å². The maximum atomic E-state index is 13.1. The Hall–Kier alpha value is -1.35. The highest BCUT2D eigenvalue weighted by atomic mass is 28.4. The van der Waals surface area contributed by atoms with E-state index < -0.39 is 20.1 Å². The van der Waals surface area contributed by atoms with E-state index in [0.717, 1.165) is 6.20 Å². The molecule has 0 atom stereocenters. The van der Waals surface area contributed by atoms with Gasteiger partial charge in [0.05, 0.1) is 6.10 Å². The molecule has 1 saturated heterocycles. The van der Waals surface area contributed by atoms with E-state index in [1.54, 1.807) is 4.90 Å². The quantitative estimate of drug-likeness (QED) is 0.849. The third-order valence-electron chi connectivity index (χ3n) is 4.51. The molecule has 5 nitrogen and oxygen atoms in total. The van der Waals surface area contributed by atoms with Crippen molar-refractivity contribution in [3.05, 3.63) is 11.8 Å². The molecule has 1 aliphatic heterocycles. The number of hydrogen-bond acceptors (Lipinski definition) is 5. The highest BCUT2D eigenvalue weighted by Gasteiger charge is 2.44. The molecular formula is C14H23F3N4OSi. The Morgan fingerprint density at radius 2 is 1.83 bits per heavy atom. The van der Waals surface area contributed by atoms with Crippen molar-refractivity contribution in [1.82, 2.24) is 9.97 Å². The number of nitrogen functional groups attached to an aromatic ring is 1. The molecular weight excluding hydrogens is 325 g/mol. The van der Waals surface area contributed by atoms with Crippen LogP contribution >= 0.6 is 0 Å². The maximum Gasteiger partial charge on any atom is 0.421 e. The second-order valence-electron chi connectivity index (χ2n) is 7.37. The van der Waals surface area contributed by atoms with E-state index in [1.807, 2.05) is 0 Å². The molecule has 130 valence electrons. The van der Waals surface area contributed by atoms with Gasteiger partial charge in [0.2, 0.25) is 5.95 Å². The van der Waals surface area contributed by atoms with Gasteiger partial charge in [-0.3, -0.25) is 0 Å². The van der Waals surface area contributed by atoms with Gasteiger partial charge in [-0.25, -0.2) is 4.98 Å². The Morgan fingerprint density at radius 3 is 2.30 bits per heavy atom. The summed E-state index contributed by atoms with van der Waals surface area (Å²) in [6.45, 7) is 11.4. The van der Waals surface area contributed by atoms with E-state index in [1.165, 1.54) is 0 Å². The van der Waals surface area contributed by atoms with E-state index in [2.05, 4.69) is 43.8 Å². The maximum absolute atomic E-state index is 13.1. The fourth-order valence-electron chi connectivity index (χ4n) is 2.11. The Bertz CT molecular complexity index is 580. The summed E-state index contributed by atoms with van der Waals surface area (Å²) in [5.41, 5.74) is 4.58. The number of alkyl halides is 3. The predicted molar refractivity (Wildman–Crippen MR) is 85.7 cm³/mol. The second-order valence-corrected chi connectivity index (χ2v) is 12.1. The number of nitrogens with two attached hydrogens (primary N) is 1. The normalized spacial score (nSPS) is 17.3. The summed E-state index contributed by atoms with van der Waals surface area (Å²) in [6.07, 6.45) is -3.85. The van der Waals surface area contributed by atoms with Crippen molar-refractivity contribution in [2.24, 2.45) is 0 Å². The molecule has 0 amide bonds. The van der Waals surface area contributed by atoms with E-state index in [-0.39, 0.29) is 22.9 Å². The minimum absolute atomic E-state index is 0.0594. The third kappa shape index (κ3) is 3.77. The van der Waals surface area contributed by atoms with Crippen LogP contribution in [0.2, 0.25) is 18.1 Å². The molecule has 1 aromatic heterocycles. The van der Waals surface area contributed by atoms with Crippen LogP contribution in [-0.2, 0) is 10.6 Å². The molecule has 1 aromatic rings. The van der Waals surface area contributed by atoms with Gasteiger partial charge in [0, 0.05) is 19.3 Å². The van der Waals surface area contributed by atoms with Gasteiger partial charge in [0.1, 0.15) is 11.4 Å². The van der Waals surface area contributed by atoms with Gasteiger partial charge in [-0.1, -0.05) is 20.8 Å². The average Bonchev–Trinajstić information content (AvgIpc) is 2.30. The van der Waals surface area contributed by atoms with Crippen LogP contribution in [0, 0.1) is 0 Å². The molecule has 0 unspecified atom stereocenters. The van der Waals surface area contributed by atoms with Crippen molar-refractivity contribution in [2.45, 2.75) is 51.2 Å². The molecule has 2 rings (SSSR count). The summed E-state index contributed by atoms with van der Waals surface area (Å²) >= 11 is 0. The summed E-state index contributed by atoms with van der Waals surface area (Å²) in [4.78, 5) is 8.76. The number of nitrogens with zero attached hydrogens (tertiary/aromatic N) is 3. The van der Waals surface area contributed by atoms with Crippen LogP contribution in [0.3, 0.4) is 0 Å². The van der Waals surface area contributed by atoms with Crippen LogP contribution in [0.1, 0.15) is 26.3 Å². The lowest BCUT2D eigenvalue weighted by Crippen LogP contribution is -2.58. The minimum Gasteiger partial charge on any atom is -0.410 e. The zero-order chi connectivity index (χ0) is 17.6. The number of rotatable bonds is 3. The first-order chi connectivity index (χ1) is 10.3. The van der Waals surface area contributed by atoms with Crippen LogP contribution in [0.15, 0.2) is 6.20 Å². The van der Waals surface area contributed by atoms with Gasteiger partial charge in [0.15, 0.2) is 8.32 Å². The number of anilines is 2. The monoisotopic (exact) mass is 348 g/mol.